The van der Waals surface area contributed by atoms with Crippen LogP contribution in [0.25, 0.3) is 0 Å². The molecule has 6 rings (SSSR count). The zero-order valence-corrected chi connectivity index (χ0v) is 14.1. The smallest absolute Gasteiger partial charge is 0.184 e. The van der Waals surface area contributed by atoms with Crippen molar-refractivity contribution in [1.82, 2.24) is 0 Å². The van der Waals surface area contributed by atoms with Gasteiger partial charge in [0.1, 0.15) is 17.4 Å². The molecule has 0 aromatic heterocycles. The van der Waals surface area contributed by atoms with Crippen LogP contribution in [0.15, 0.2) is 24.8 Å². The Hall–Kier alpha value is -1.85. The number of Topliss-reactive ketones (excluding diaryl/α,β-unsaturated/α-hetero) is 1. The van der Waals surface area contributed by atoms with E-state index in [2.05, 4.69) is 6.58 Å². The maximum absolute atomic E-state index is 12.8. The first-order chi connectivity index (χ1) is 12.1. The van der Waals surface area contributed by atoms with Gasteiger partial charge in [0, 0.05) is 24.8 Å². The van der Waals surface area contributed by atoms with Crippen molar-refractivity contribution in [3.8, 4) is 11.5 Å². The molecule has 0 radical (unpaired) electrons. The first-order valence-electron chi connectivity index (χ1n) is 9.21. The SMILES string of the molecule is C=CC[N+]12CCC34c5c6ccc([O-])c5OC3C(=O)CCC4(OC1)C2C6. The summed E-state index contributed by atoms with van der Waals surface area (Å²) in [5.41, 5.74) is 1.35. The minimum absolute atomic E-state index is 0.0978. The number of piperidine rings is 1. The van der Waals surface area contributed by atoms with Crippen molar-refractivity contribution in [2.45, 2.75) is 48.8 Å². The van der Waals surface area contributed by atoms with Crippen LogP contribution in [0.4, 0.5) is 0 Å². The fraction of sp³-hybridized carbons (Fsp3) is 0.550. The van der Waals surface area contributed by atoms with Crippen molar-refractivity contribution < 1.29 is 23.9 Å². The highest BCUT2D eigenvalue weighted by atomic mass is 16.5. The van der Waals surface area contributed by atoms with Crippen LogP contribution < -0.4 is 9.84 Å². The fourth-order valence-electron chi connectivity index (χ4n) is 6.89. The molecular formula is C20H21NO4. The molecular weight excluding hydrogens is 318 g/mol. The number of rotatable bonds is 2. The van der Waals surface area contributed by atoms with Crippen molar-refractivity contribution in [2.24, 2.45) is 0 Å². The van der Waals surface area contributed by atoms with Crippen LogP contribution in [0.2, 0.25) is 0 Å². The van der Waals surface area contributed by atoms with E-state index in [4.69, 9.17) is 9.47 Å². The van der Waals surface area contributed by atoms with Gasteiger partial charge < -0.3 is 14.6 Å². The summed E-state index contributed by atoms with van der Waals surface area (Å²) in [5.74, 6) is 0.459. The normalized spacial score (nSPS) is 45.0. The molecule has 25 heavy (non-hydrogen) atoms. The van der Waals surface area contributed by atoms with Crippen molar-refractivity contribution >= 4 is 5.78 Å². The molecule has 3 fully saturated rings. The Morgan fingerprint density at radius 1 is 1.40 bits per heavy atom. The molecule has 1 saturated carbocycles. The summed E-state index contributed by atoms with van der Waals surface area (Å²) < 4.78 is 13.6. The molecule has 1 aromatic rings. The number of ketones is 1. The Labute approximate surface area is 146 Å². The largest absolute Gasteiger partial charge is 0.870 e. The van der Waals surface area contributed by atoms with Crippen LogP contribution >= 0.6 is 0 Å². The average molecular weight is 339 g/mol. The molecule has 5 unspecified atom stereocenters. The van der Waals surface area contributed by atoms with Gasteiger partial charge in [-0.1, -0.05) is 24.5 Å². The van der Waals surface area contributed by atoms with E-state index < -0.39 is 11.5 Å². The first-order valence-corrected chi connectivity index (χ1v) is 9.21. The summed E-state index contributed by atoms with van der Waals surface area (Å²) in [6, 6.07) is 3.88. The van der Waals surface area contributed by atoms with Gasteiger partial charge in [-0.3, -0.25) is 9.28 Å². The first kappa shape index (κ1) is 14.3. The maximum atomic E-state index is 12.8. The second kappa shape index (κ2) is 4.10. The molecule has 5 heteroatoms. The average Bonchev–Trinajstić information content (AvgIpc) is 3.06. The Bertz CT molecular complexity index is 850. The van der Waals surface area contributed by atoms with Crippen molar-refractivity contribution in [3.05, 3.63) is 35.9 Å². The van der Waals surface area contributed by atoms with E-state index in [1.807, 2.05) is 12.1 Å². The lowest BCUT2D eigenvalue weighted by Gasteiger charge is -2.60. The number of benzene rings is 1. The molecule has 4 bridgehead atoms. The lowest BCUT2D eigenvalue weighted by molar-refractivity contribution is -0.947. The maximum Gasteiger partial charge on any atom is 0.184 e. The third-order valence-electron chi connectivity index (χ3n) is 7.76. The predicted molar refractivity (Wildman–Crippen MR) is 87.2 cm³/mol. The summed E-state index contributed by atoms with van der Waals surface area (Å²) in [7, 11) is 0. The summed E-state index contributed by atoms with van der Waals surface area (Å²) in [5, 5.41) is 12.5. The number of carbonyl (C=O) groups excluding carboxylic acids is 1. The molecule has 2 spiro atoms. The Kier molecular flexibility index (Phi) is 2.35. The number of ether oxygens (including phenoxy) is 2. The van der Waals surface area contributed by atoms with Gasteiger partial charge in [0.15, 0.2) is 18.6 Å². The van der Waals surface area contributed by atoms with Gasteiger partial charge in [-0.15, -0.1) is 0 Å². The van der Waals surface area contributed by atoms with Crippen molar-refractivity contribution in [1.29, 1.82) is 0 Å². The van der Waals surface area contributed by atoms with Crippen molar-refractivity contribution in [2.75, 3.05) is 19.8 Å². The molecule has 0 N–H and O–H groups in total. The zero-order valence-electron chi connectivity index (χ0n) is 14.1. The summed E-state index contributed by atoms with van der Waals surface area (Å²) >= 11 is 0. The highest BCUT2D eigenvalue weighted by Crippen LogP contribution is 2.68. The van der Waals surface area contributed by atoms with Crippen LogP contribution in [0.1, 0.15) is 30.4 Å². The molecule has 5 atom stereocenters. The number of hydrogen-bond donors (Lipinski definition) is 0. The molecule has 2 aliphatic carbocycles. The van der Waals surface area contributed by atoms with Crippen molar-refractivity contribution in [3.63, 3.8) is 0 Å². The van der Waals surface area contributed by atoms with Gasteiger partial charge >= 0.3 is 0 Å². The van der Waals surface area contributed by atoms with E-state index in [1.165, 1.54) is 5.56 Å². The molecule has 130 valence electrons. The highest BCUT2D eigenvalue weighted by molar-refractivity contribution is 5.90. The van der Waals surface area contributed by atoms with Gasteiger partial charge in [0.2, 0.25) is 0 Å². The quantitative estimate of drug-likeness (QED) is 0.600. The molecule has 2 saturated heterocycles. The standard InChI is InChI=1S/C20H21NO4/c1-2-8-21-9-7-19-16-12-3-4-13(22)17(16)25-18(19)14(23)5-6-20(19,24-11-21)15(21)10-12/h2-4,15,18H,1,5-11H2. The van der Waals surface area contributed by atoms with Crippen LogP contribution in [0.3, 0.4) is 0 Å². The molecule has 3 heterocycles. The molecule has 0 amide bonds. The number of carbonyl (C=O) groups is 1. The summed E-state index contributed by atoms with van der Waals surface area (Å²) in [6.45, 7) is 6.49. The topological polar surface area (TPSA) is 58.6 Å². The van der Waals surface area contributed by atoms with E-state index in [-0.39, 0.29) is 17.1 Å². The Morgan fingerprint density at radius 2 is 2.28 bits per heavy atom. The monoisotopic (exact) mass is 339 g/mol. The van der Waals surface area contributed by atoms with E-state index >= 15 is 0 Å². The minimum Gasteiger partial charge on any atom is -0.870 e. The second-order valence-corrected chi connectivity index (χ2v) is 8.41. The van der Waals surface area contributed by atoms with Gasteiger partial charge in [0.25, 0.3) is 0 Å². The third-order valence-corrected chi connectivity index (χ3v) is 7.76. The number of hydrogen-bond acceptors (Lipinski definition) is 4. The number of quaternary nitrogens is 1. The molecule has 3 aliphatic heterocycles. The Morgan fingerprint density at radius 3 is 3.12 bits per heavy atom. The zero-order chi connectivity index (χ0) is 17.0. The van der Waals surface area contributed by atoms with Crippen LogP contribution in [-0.2, 0) is 21.4 Å². The Balaban J connectivity index is 1.68. The van der Waals surface area contributed by atoms with E-state index in [9.17, 15) is 9.90 Å². The molecule has 1 aromatic carbocycles. The summed E-state index contributed by atoms with van der Waals surface area (Å²) in [4.78, 5) is 12.8. The van der Waals surface area contributed by atoms with E-state index in [0.717, 1.165) is 42.4 Å². The molecule has 5 aliphatic rings. The van der Waals surface area contributed by atoms with Crippen LogP contribution in [-0.4, -0.2) is 47.8 Å². The highest BCUT2D eigenvalue weighted by Gasteiger charge is 2.80. The van der Waals surface area contributed by atoms with Crippen LogP contribution in [0, 0.1) is 0 Å². The third kappa shape index (κ3) is 1.27. The van der Waals surface area contributed by atoms with Crippen LogP contribution in [0.5, 0.6) is 11.5 Å². The lowest BCUT2D eigenvalue weighted by atomic mass is 9.49. The molecule has 5 nitrogen and oxygen atoms in total. The number of nitrogens with zero attached hydrogens (tertiary/aromatic N) is 1. The predicted octanol–water partition coefficient (Wildman–Crippen LogP) is 1.18. The second-order valence-electron chi connectivity index (χ2n) is 8.41. The lowest BCUT2D eigenvalue weighted by Crippen LogP contribution is -2.77. The minimum atomic E-state index is -0.545. The van der Waals surface area contributed by atoms with Gasteiger partial charge in [-0.25, -0.2) is 0 Å². The van der Waals surface area contributed by atoms with Gasteiger partial charge in [-0.2, -0.15) is 0 Å². The van der Waals surface area contributed by atoms with Gasteiger partial charge in [0.05, 0.1) is 18.5 Å². The van der Waals surface area contributed by atoms with E-state index in [0.29, 0.717) is 24.9 Å². The van der Waals surface area contributed by atoms with Gasteiger partial charge in [-0.05, 0) is 18.1 Å². The van der Waals surface area contributed by atoms with E-state index in [1.54, 1.807) is 6.07 Å². The summed E-state index contributed by atoms with van der Waals surface area (Å²) in [6.07, 6.45) is 4.42. The fourth-order valence-corrected chi connectivity index (χ4v) is 6.89.